The molecular formula is C21H26F2N4O2. The second-order valence-electron chi connectivity index (χ2n) is 7.07. The number of carbonyl (C=O) groups excluding carboxylic acids is 1. The first-order valence-electron chi connectivity index (χ1n) is 10.0. The molecule has 1 fully saturated rings. The quantitative estimate of drug-likeness (QED) is 0.618. The molecule has 0 radical (unpaired) electrons. The summed E-state index contributed by atoms with van der Waals surface area (Å²) in [5.41, 5.74) is 0. The molecule has 1 saturated heterocycles. The fourth-order valence-electron chi connectivity index (χ4n) is 3.28. The fraction of sp³-hybridized carbons (Fsp3) is 0.476. The van der Waals surface area contributed by atoms with E-state index in [1.807, 2.05) is 9.80 Å². The van der Waals surface area contributed by atoms with Gasteiger partial charge >= 0.3 is 0 Å². The summed E-state index contributed by atoms with van der Waals surface area (Å²) < 4.78 is 32.2. The van der Waals surface area contributed by atoms with Crippen LogP contribution in [0.15, 0.2) is 30.6 Å². The molecule has 6 nitrogen and oxygen atoms in total. The lowest BCUT2D eigenvalue weighted by Crippen LogP contribution is -2.49. The van der Waals surface area contributed by atoms with E-state index < -0.39 is 11.6 Å². The van der Waals surface area contributed by atoms with Crippen LogP contribution in [0.25, 0.3) is 0 Å². The number of hydrogen-bond acceptors (Lipinski definition) is 5. The fourth-order valence-corrected chi connectivity index (χ4v) is 3.28. The van der Waals surface area contributed by atoms with Crippen LogP contribution in [0.3, 0.4) is 0 Å². The van der Waals surface area contributed by atoms with Gasteiger partial charge in [-0.1, -0.05) is 26.2 Å². The van der Waals surface area contributed by atoms with Crippen molar-refractivity contribution in [3.8, 4) is 11.6 Å². The molecule has 1 aromatic heterocycles. The minimum Gasteiger partial charge on any atom is -0.436 e. The van der Waals surface area contributed by atoms with E-state index in [9.17, 15) is 13.6 Å². The monoisotopic (exact) mass is 404 g/mol. The molecule has 0 spiro atoms. The molecular weight excluding hydrogens is 378 g/mol. The summed E-state index contributed by atoms with van der Waals surface area (Å²) in [7, 11) is 0. The standard InChI is InChI=1S/C21H26F2N4O2/c1-2-3-4-5-6-21(28)27-11-9-26(10-12-27)19-14-20(25-15-24-19)29-18-8-7-16(22)13-17(18)23/h7-8,13-15H,2-6,9-12H2,1H3. The molecule has 156 valence electrons. The van der Waals surface area contributed by atoms with Gasteiger partial charge in [-0.3, -0.25) is 4.79 Å². The van der Waals surface area contributed by atoms with Crippen LogP contribution in [-0.4, -0.2) is 47.0 Å². The molecule has 2 aromatic rings. The minimum atomic E-state index is -0.795. The van der Waals surface area contributed by atoms with Crippen molar-refractivity contribution in [1.29, 1.82) is 0 Å². The lowest BCUT2D eigenvalue weighted by atomic mass is 10.1. The highest BCUT2D eigenvalue weighted by molar-refractivity contribution is 5.76. The van der Waals surface area contributed by atoms with E-state index in [-0.39, 0.29) is 17.5 Å². The molecule has 0 aliphatic carbocycles. The van der Waals surface area contributed by atoms with Crippen molar-refractivity contribution in [3.63, 3.8) is 0 Å². The van der Waals surface area contributed by atoms with E-state index in [4.69, 9.17) is 4.74 Å². The summed E-state index contributed by atoms with van der Waals surface area (Å²) in [6.07, 6.45) is 6.32. The Hall–Kier alpha value is -2.77. The summed E-state index contributed by atoms with van der Waals surface area (Å²) in [6.45, 7) is 4.74. The van der Waals surface area contributed by atoms with Gasteiger partial charge in [0.25, 0.3) is 0 Å². The summed E-state index contributed by atoms with van der Waals surface area (Å²) in [6, 6.07) is 4.72. The maximum atomic E-state index is 13.8. The molecule has 0 N–H and O–H groups in total. The number of nitrogens with zero attached hydrogens (tertiary/aromatic N) is 4. The molecule has 1 aliphatic heterocycles. The number of ether oxygens (including phenoxy) is 1. The predicted octanol–water partition coefficient (Wildman–Crippen LogP) is 4.17. The Labute approximate surface area is 169 Å². The first-order chi connectivity index (χ1) is 14.1. The Morgan fingerprint density at radius 1 is 1.07 bits per heavy atom. The van der Waals surface area contributed by atoms with Crippen molar-refractivity contribution < 1.29 is 18.3 Å². The summed E-state index contributed by atoms with van der Waals surface area (Å²) in [5.74, 6) is -0.538. The van der Waals surface area contributed by atoms with Crippen molar-refractivity contribution in [3.05, 3.63) is 42.2 Å². The second kappa shape index (κ2) is 10.1. The molecule has 29 heavy (non-hydrogen) atoms. The molecule has 1 aliphatic rings. The average molecular weight is 404 g/mol. The number of halogens is 2. The molecule has 8 heteroatoms. The van der Waals surface area contributed by atoms with Crippen LogP contribution in [0.2, 0.25) is 0 Å². The number of benzene rings is 1. The van der Waals surface area contributed by atoms with Gasteiger partial charge in [0.2, 0.25) is 11.8 Å². The third-order valence-electron chi connectivity index (χ3n) is 4.94. The zero-order chi connectivity index (χ0) is 20.6. The summed E-state index contributed by atoms with van der Waals surface area (Å²) >= 11 is 0. The number of amides is 1. The summed E-state index contributed by atoms with van der Waals surface area (Å²) in [4.78, 5) is 24.5. The van der Waals surface area contributed by atoms with E-state index in [1.165, 1.54) is 18.8 Å². The highest BCUT2D eigenvalue weighted by Gasteiger charge is 2.22. The van der Waals surface area contributed by atoms with E-state index in [2.05, 4.69) is 16.9 Å². The van der Waals surface area contributed by atoms with Crippen molar-refractivity contribution in [2.45, 2.75) is 39.0 Å². The molecule has 0 unspecified atom stereocenters. The SMILES string of the molecule is CCCCCCC(=O)N1CCN(c2cc(Oc3ccc(F)cc3F)ncn2)CC1. The lowest BCUT2D eigenvalue weighted by Gasteiger charge is -2.35. The molecule has 0 saturated carbocycles. The van der Waals surface area contributed by atoms with Crippen molar-refractivity contribution in [2.24, 2.45) is 0 Å². The third kappa shape index (κ3) is 5.85. The normalized spacial score (nSPS) is 14.2. The molecule has 0 atom stereocenters. The van der Waals surface area contributed by atoms with Crippen molar-refractivity contribution in [1.82, 2.24) is 14.9 Å². The van der Waals surface area contributed by atoms with Crippen molar-refractivity contribution >= 4 is 11.7 Å². The average Bonchev–Trinajstić information content (AvgIpc) is 2.73. The number of rotatable bonds is 8. The van der Waals surface area contributed by atoms with E-state index in [1.54, 1.807) is 6.07 Å². The molecule has 2 heterocycles. The van der Waals surface area contributed by atoms with E-state index in [0.29, 0.717) is 38.4 Å². The van der Waals surface area contributed by atoms with Crippen LogP contribution in [0.5, 0.6) is 11.6 Å². The highest BCUT2D eigenvalue weighted by Crippen LogP contribution is 2.25. The number of unbranched alkanes of at least 4 members (excludes halogenated alkanes) is 3. The van der Waals surface area contributed by atoms with Gasteiger partial charge in [-0.15, -0.1) is 0 Å². The first-order valence-corrected chi connectivity index (χ1v) is 10.0. The predicted molar refractivity (Wildman–Crippen MR) is 106 cm³/mol. The summed E-state index contributed by atoms with van der Waals surface area (Å²) in [5, 5.41) is 0. The Balaban J connectivity index is 1.54. The van der Waals surface area contributed by atoms with Crippen LogP contribution in [0.4, 0.5) is 14.6 Å². The lowest BCUT2D eigenvalue weighted by molar-refractivity contribution is -0.131. The van der Waals surface area contributed by atoms with E-state index >= 15 is 0 Å². The molecule has 0 bridgehead atoms. The van der Waals surface area contributed by atoms with Gasteiger partial charge in [-0.05, 0) is 18.6 Å². The smallest absolute Gasteiger partial charge is 0.224 e. The Bertz CT molecular complexity index is 826. The van der Waals surface area contributed by atoms with Crippen molar-refractivity contribution in [2.75, 3.05) is 31.1 Å². The maximum absolute atomic E-state index is 13.8. The van der Waals surface area contributed by atoms with Crippen LogP contribution >= 0.6 is 0 Å². The Kier molecular flexibility index (Phi) is 7.32. The largest absolute Gasteiger partial charge is 0.436 e. The van der Waals surface area contributed by atoms with Gasteiger partial charge in [0.1, 0.15) is 18.0 Å². The molecule has 1 amide bonds. The van der Waals surface area contributed by atoms with Gasteiger partial charge in [0, 0.05) is 44.7 Å². The maximum Gasteiger partial charge on any atom is 0.224 e. The third-order valence-corrected chi connectivity index (χ3v) is 4.94. The minimum absolute atomic E-state index is 0.102. The van der Waals surface area contributed by atoms with Gasteiger partial charge in [-0.2, -0.15) is 0 Å². The zero-order valence-corrected chi connectivity index (χ0v) is 16.6. The number of carbonyl (C=O) groups is 1. The van der Waals surface area contributed by atoms with Gasteiger partial charge < -0.3 is 14.5 Å². The number of anilines is 1. The van der Waals surface area contributed by atoms with E-state index in [0.717, 1.165) is 31.4 Å². The van der Waals surface area contributed by atoms with Crippen LogP contribution in [0, 0.1) is 11.6 Å². The van der Waals surface area contributed by atoms with Crippen LogP contribution in [-0.2, 0) is 4.79 Å². The molecule has 1 aromatic carbocycles. The number of aromatic nitrogens is 2. The highest BCUT2D eigenvalue weighted by atomic mass is 19.1. The Morgan fingerprint density at radius 2 is 1.86 bits per heavy atom. The first kappa shape index (κ1) is 21.0. The van der Waals surface area contributed by atoms with Gasteiger partial charge in [0.05, 0.1) is 0 Å². The van der Waals surface area contributed by atoms with Crippen LogP contribution < -0.4 is 9.64 Å². The van der Waals surface area contributed by atoms with Crippen LogP contribution in [0.1, 0.15) is 39.0 Å². The van der Waals surface area contributed by atoms with Gasteiger partial charge in [0.15, 0.2) is 11.6 Å². The number of piperazine rings is 1. The molecule has 3 rings (SSSR count). The second-order valence-corrected chi connectivity index (χ2v) is 7.07. The number of hydrogen-bond donors (Lipinski definition) is 0. The zero-order valence-electron chi connectivity index (χ0n) is 16.6. The topological polar surface area (TPSA) is 58.6 Å². The van der Waals surface area contributed by atoms with Gasteiger partial charge in [-0.25, -0.2) is 18.7 Å². The Morgan fingerprint density at radius 3 is 2.59 bits per heavy atom.